The molecule has 1 heterocycles. The normalized spacial score (nSPS) is 12.7. The molecule has 1 aliphatic carbocycles. The summed E-state index contributed by atoms with van der Waals surface area (Å²) in [6, 6.07) is 5.19. The maximum Gasteiger partial charge on any atom is 0.341 e. The van der Waals surface area contributed by atoms with E-state index in [1.807, 2.05) is 0 Å². The average molecular weight is 474 g/mol. The summed E-state index contributed by atoms with van der Waals surface area (Å²) in [5, 5.41) is 3.16. The molecule has 0 fully saturated rings. The molecule has 176 valence electrons. The lowest BCUT2D eigenvalue weighted by Crippen LogP contribution is -2.21. The summed E-state index contributed by atoms with van der Waals surface area (Å²) in [6.07, 6.45) is 6.47. The van der Waals surface area contributed by atoms with Crippen LogP contribution in [0, 0.1) is 0 Å². The molecular weight excluding hydrogens is 446 g/mol. The summed E-state index contributed by atoms with van der Waals surface area (Å²) in [5.41, 5.74) is 2.08. The third-order valence-electron chi connectivity index (χ3n) is 5.07. The van der Waals surface area contributed by atoms with Gasteiger partial charge in [-0.1, -0.05) is 6.07 Å². The van der Waals surface area contributed by atoms with Crippen molar-refractivity contribution in [1.29, 1.82) is 0 Å². The van der Waals surface area contributed by atoms with Crippen LogP contribution in [-0.4, -0.2) is 45.3 Å². The van der Waals surface area contributed by atoms with Crippen molar-refractivity contribution >= 4 is 40.3 Å². The second-order valence-electron chi connectivity index (χ2n) is 7.24. The number of benzene rings is 1. The number of carbonyl (C=O) groups excluding carboxylic acids is 3. The van der Waals surface area contributed by atoms with Crippen molar-refractivity contribution in [2.75, 3.05) is 32.8 Å². The number of fused-ring (bicyclic) bond motifs is 1. The van der Waals surface area contributed by atoms with Crippen molar-refractivity contribution in [2.24, 2.45) is 0 Å². The van der Waals surface area contributed by atoms with Crippen LogP contribution < -0.4 is 14.8 Å². The lowest BCUT2D eigenvalue weighted by Gasteiger charge is -2.12. The fraction of sp³-hybridized carbons (Fsp3) is 0.375. The third-order valence-corrected chi connectivity index (χ3v) is 6.28. The van der Waals surface area contributed by atoms with Crippen LogP contribution in [0.2, 0.25) is 0 Å². The molecule has 1 N–H and O–H groups in total. The van der Waals surface area contributed by atoms with Gasteiger partial charge in [0, 0.05) is 11.0 Å². The van der Waals surface area contributed by atoms with Crippen LogP contribution in [0.5, 0.6) is 11.5 Å². The monoisotopic (exact) mass is 473 g/mol. The molecule has 0 unspecified atom stereocenters. The van der Waals surface area contributed by atoms with E-state index in [4.69, 9.17) is 18.9 Å². The fourth-order valence-corrected chi connectivity index (χ4v) is 4.83. The highest BCUT2D eigenvalue weighted by Gasteiger charge is 2.27. The van der Waals surface area contributed by atoms with Gasteiger partial charge < -0.3 is 24.3 Å². The maximum absolute atomic E-state index is 12.5. The molecule has 3 rings (SSSR count). The van der Waals surface area contributed by atoms with Gasteiger partial charge in [-0.25, -0.2) is 9.59 Å². The Morgan fingerprint density at radius 1 is 1.06 bits per heavy atom. The first kappa shape index (κ1) is 24.3. The molecule has 1 aliphatic rings. The number of rotatable bonds is 9. The Morgan fingerprint density at radius 2 is 1.82 bits per heavy atom. The van der Waals surface area contributed by atoms with Crippen LogP contribution in [0.15, 0.2) is 24.3 Å². The lowest BCUT2D eigenvalue weighted by atomic mass is 9.95. The highest BCUT2D eigenvalue weighted by molar-refractivity contribution is 7.17. The number of methoxy groups -OCH3 is 2. The van der Waals surface area contributed by atoms with Gasteiger partial charge in [-0.15, -0.1) is 11.3 Å². The van der Waals surface area contributed by atoms with Gasteiger partial charge in [0.15, 0.2) is 18.1 Å². The van der Waals surface area contributed by atoms with E-state index in [1.165, 1.54) is 31.6 Å². The Morgan fingerprint density at radius 3 is 2.55 bits per heavy atom. The molecule has 9 heteroatoms. The summed E-state index contributed by atoms with van der Waals surface area (Å²) in [5.74, 6) is -0.528. The minimum Gasteiger partial charge on any atom is -0.493 e. The number of nitrogens with one attached hydrogen (secondary N) is 1. The standard InChI is InChI=1S/C24H27NO7S/c1-4-31-24(28)22-16-7-5-6-8-19(16)33-23(22)25-20(26)14-32-21(27)12-10-15-9-11-17(29-2)18(13-15)30-3/h9-13H,4-8,14H2,1-3H3,(H,25,26)/b12-10+. The van der Waals surface area contributed by atoms with E-state index in [0.717, 1.165) is 36.1 Å². The predicted molar refractivity (Wildman–Crippen MR) is 125 cm³/mol. The average Bonchev–Trinajstić information content (AvgIpc) is 3.19. The SMILES string of the molecule is CCOC(=O)c1c(NC(=O)COC(=O)/C=C/c2ccc(OC)c(OC)c2)sc2c1CCCC2. The molecule has 2 aromatic rings. The van der Waals surface area contributed by atoms with Crippen LogP contribution in [-0.2, 0) is 31.9 Å². The Labute approximate surface area is 196 Å². The number of hydrogen-bond acceptors (Lipinski definition) is 8. The van der Waals surface area contributed by atoms with Gasteiger partial charge in [-0.3, -0.25) is 4.79 Å². The lowest BCUT2D eigenvalue weighted by molar-refractivity contribution is -0.142. The van der Waals surface area contributed by atoms with Crippen molar-refractivity contribution in [1.82, 2.24) is 0 Å². The van der Waals surface area contributed by atoms with Crippen LogP contribution >= 0.6 is 11.3 Å². The van der Waals surface area contributed by atoms with E-state index in [-0.39, 0.29) is 6.61 Å². The van der Waals surface area contributed by atoms with Gasteiger partial charge in [0.05, 0.1) is 26.4 Å². The molecule has 1 amide bonds. The maximum atomic E-state index is 12.5. The molecule has 0 saturated carbocycles. The molecule has 1 aromatic heterocycles. The van der Waals surface area contributed by atoms with E-state index < -0.39 is 24.5 Å². The summed E-state index contributed by atoms with van der Waals surface area (Å²) in [7, 11) is 3.06. The van der Waals surface area contributed by atoms with Crippen molar-refractivity contribution < 1.29 is 33.3 Å². The van der Waals surface area contributed by atoms with Gasteiger partial charge in [0.1, 0.15) is 5.00 Å². The second kappa shape index (κ2) is 11.5. The first-order valence-corrected chi connectivity index (χ1v) is 11.5. The fourth-order valence-electron chi connectivity index (χ4n) is 3.54. The molecule has 0 spiro atoms. The van der Waals surface area contributed by atoms with E-state index in [9.17, 15) is 14.4 Å². The summed E-state index contributed by atoms with van der Waals surface area (Å²) < 4.78 is 20.6. The van der Waals surface area contributed by atoms with Crippen molar-refractivity contribution in [3.05, 3.63) is 45.8 Å². The number of anilines is 1. The molecule has 0 bridgehead atoms. The molecule has 33 heavy (non-hydrogen) atoms. The molecule has 0 saturated heterocycles. The van der Waals surface area contributed by atoms with Crippen LogP contribution in [0.4, 0.5) is 5.00 Å². The van der Waals surface area contributed by atoms with Gasteiger partial charge in [-0.05, 0) is 61.9 Å². The number of aryl methyl sites for hydroxylation is 1. The Balaban J connectivity index is 1.60. The summed E-state index contributed by atoms with van der Waals surface area (Å²) in [6.45, 7) is 1.52. The Kier molecular flexibility index (Phi) is 8.48. The zero-order chi connectivity index (χ0) is 23.8. The number of hydrogen-bond donors (Lipinski definition) is 1. The first-order valence-electron chi connectivity index (χ1n) is 10.6. The van der Waals surface area contributed by atoms with Gasteiger partial charge in [0.25, 0.3) is 5.91 Å². The second-order valence-corrected chi connectivity index (χ2v) is 8.34. The molecule has 0 aliphatic heterocycles. The zero-order valence-electron chi connectivity index (χ0n) is 18.9. The van der Waals surface area contributed by atoms with Crippen molar-refractivity contribution in [3.63, 3.8) is 0 Å². The molecular formula is C24H27NO7S. The van der Waals surface area contributed by atoms with Gasteiger partial charge in [0.2, 0.25) is 0 Å². The highest BCUT2D eigenvalue weighted by Crippen LogP contribution is 2.38. The largest absolute Gasteiger partial charge is 0.493 e. The predicted octanol–water partition coefficient (Wildman–Crippen LogP) is 4.02. The Bertz CT molecular complexity index is 1060. The number of ether oxygens (including phenoxy) is 4. The number of esters is 2. The van der Waals surface area contributed by atoms with Crippen molar-refractivity contribution in [3.8, 4) is 11.5 Å². The minimum atomic E-state index is -0.670. The number of amides is 1. The zero-order valence-corrected chi connectivity index (χ0v) is 19.7. The van der Waals surface area contributed by atoms with Crippen LogP contribution in [0.1, 0.15) is 46.1 Å². The van der Waals surface area contributed by atoms with Gasteiger partial charge >= 0.3 is 11.9 Å². The summed E-state index contributed by atoms with van der Waals surface area (Å²) in [4.78, 5) is 38.0. The van der Waals surface area contributed by atoms with Gasteiger partial charge in [-0.2, -0.15) is 0 Å². The highest BCUT2D eigenvalue weighted by atomic mass is 32.1. The van der Waals surface area contributed by atoms with E-state index in [1.54, 1.807) is 31.2 Å². The van der Waals surface area contributed by atoms with Crippen LogP contribution in [0.3, 0.4) is 0 Å². The van der Waals surface area contributed by atoms with Crippen molar-refractivity contribution in [2.45, 2.75) is 32.6 Å². The quantitative estimate of drug-likeness (QED) is 0.434. The van der Waals surface area contributed by atoms with E-state index in [2.05, 4.69) is 5.32 Å². The van der Waals surface area contributed by atoms with Crippen LogP contribution in [0.25, 0.3) is 6.08 Å². The van der Waals surface area contributed by atoms with E-state index >= 15 is 0 Å². The molecule has 8 nitrogen and oxygen atoms in total. The number of carbonyl (C=O) groups is 3. The molecule has 1 aromatic carbocycles. The first-order chi connectivity index (χ1) is 16.0. The Hall–Kier alpha value is -3.33. The minimum absolute atomic E-state index is 0.251. The topological polar surface area (TPSA) is 100 Å². The van der Waals surface area contributed by atoms with E-state index in [0.29, 0.717) is 27.6 Å². The molecule has 0 radical (unpaired) electrons. The smallest absolute Gasteiger partial charge is 0.341 e. The molecule has 0 atom stereocenters. The third kappa shape index (κ3) is 6.13. The number of thiophene rings is 1. The summed E-state index contributed by atoms with van der Waals surface area (Å²) >= 11 is 1.38.